The Bertz CT molecular complexity index is 1020. The maximum absolute atomic E-state index is 12.6. The number of benzene rings is 3. The molecule has 0 aromatic heterocycles. The van der Waals surface area contributed by atoms with E-state index in [0.717, 1.165) is 11.6 Å². The number of Topliss-reactive ketones (excluding diaryl/α,β-unsaturated/α-hetero) is 1. The molecular formula is C22H16O5. The molecule has 0 spiro atoms. The molecule has 27 heavy (non-hydrogen) atoms. The van der Waals surface area contributed by atoms with Crippen molar-refractivity contribution in [3.63, 3.8) is 0 Å². The molecule has 3 aromatic rings. The molecule has 0 heterocycles. The summed E-state index contributed by atoms with van der Waals surface area (Å²) in [4.78, 5) is 36.1. The van der Waals surface area contributed by atoms with Crippen molar-refractivity contribution in [2.75, 3.05) is 0 Å². The summed E-state index contributed by atoms with van der Waals surface area (Å²) in [6, 6.07) is 19.3. The largest absolute Gasteiger partial charge is 0.507 e. The highest BCUT2D eigenvalue weighted by molar-refractivity contribution is 6.11. The summed E-state index contributed by atoms with van der Waals surface area (Å²) in [6.45, 7) is 0. The fourth-order valence-corrected chi connectivity index (χ4v) is 2.74. The predicted molar refractivity (Wildman–Crippen MR) is 99.4 cm³/mol. The summed E-state index contributed by atoms with van der Waals surface area (Å²) in [6.07, 6.45) is 0.229. The molecule has 5 nitrogen and oxygen atoms in total. The Morgan fingerprint density at radius 3 is 2.07 bits per heavy atom. The molecular weight excluding hydrogens is 344 g/mol. The third kappa shape index (κ3) is 4.10. The van der Waals surface area contributed by atoms with Crippen molar-refractivity contribution in [1.29, 1.82) is 0 Å². The van der Waals surface area contributed by atoms with Gasteiger partial charge in [-0.25, -0.2) is 4.79 Å². The lowest BCUT2D eigenvalue weighted by atomic mass is 9.97. The predicted octanol–water partition coefficient (Wildman–Crippen LogP) is 3.75. The van der Waals surface area contributed by atoms with Crippen LogP contribution in [0.1, 0.15) is 42.2 Å². The number of carbonyl (C=O) groups is 3. The van der Waals surface area contributed by atoms with Crippen molar-refractivity contribution in [1.82, 2.24) is 0 Å². The lowest BCUT2D eigenvalue weighted by Gasteiger charge is -2.06. The lowest BCUT2D eigenvalue weighted by molar-refractivity contribution is 0.0693. The van der Waals surface area contributed by atoms with Crippen LogP contribution in [0.2, 0.25) is 0 Å². The van der Waals surface area contributed by atoms with Gasteiger partial charge in [0, 0.05) is 23.1 Å². The van der Waals surface area contributed by atoms with E-state index < -0.39 is 17.5 Å². The zero-order valence-electron chi connectivity index (χ0n) is 14.3. The molecule has 2 N–H and O–H groups in total. The highest BCUT2D eigenvalue weighted by Gasteiger charge is 2.16. The lowest BCUT2D eigenvalue weighted by Crippen LogP contribution is -2.07. The topological polar surface area (TPSA) is 91.7 Å². The third-order valence-electron chi connectivity index (χ3n) is 4.14. The van der Waals surface area contributed by atoms with E-state index in [1.165, 1.54) is 18.2 Å². The normalized spacial score (nSPS) is 10.4. The zero-order valence-corrected chi connectivity index (χ0v) is 14.3. The number of carbonyl (C=O) groups excluding carboxylic acids is 2. The van der Waals surface area contributed by atoms with Crippen molar-refractivity contribution in [3.05, 3.63) is 101 Å². The molecule has 0 atom stereocenters. The summed E-state index contributed by atoms with van der Waals surface area (Å²) >= 11 is 0. The number of hydrogen-bond donors (Lipinski definition) is 2. The Morgan fingerprint density at radius 1 is 0.741 bits per heavy atom. The first-order chi connectivity index (χ1) is 13.0. The van der Waals surface area contributed by atoms with Gasteiger partial charge >= 0.3 is 5.97 Å². The van der Waals surface area contributed by atoms with Crippen molar-refractivity contribution in [2.45, 2.75) is 6.42 Å². The molecule has 0 saturated carbocycles. The summed E-state index contributed by atoms with van der Waals surface area (Å²) < 4.78 is 0. The third-order valence-corrected chi connectivity index (χ3v) is 4.14. The van der Waals surface area contributed by atoms with Crippen LogP contribution in [-0.2, 0) is 6.42 Å². The number of aromatic hydroxyl groups is 1. The maximum Gasteiger partial charge on any atom is 0.339 e. The SMILES string of the molecule is O=C(Cc1ccccc1)c1cccc(C(=O)c2ccc(C(=O)O)c(O)c2)c1. The molecule has 0 aliphatic carbocycles. The molecule has 3 aromatic carbocycles. The molecule has 0 radical (unpaired) electrons. The summed E-state index contributed by atoms with van der Waals surface area (Å²) in [5.74, 6) is -2.28. The van der Waals surface area contributed by atoms with Gasteiger partial charge in [0.2, 0.25) is 0 Å². The van der Waals surface area contributed by atoms with Crippen molar-refractivity contribution >= 4 is 17.5 Å². The van der Waals surface area contributed by atoms with Crippen LogP contribution in [-0.4, -0.2) is 27.7 Å². The molecule has 0 unspecified atom stereocenters. The van der Waals surface area contributed by atoms with Gasteiger partial charge in [0.15, 0.2) is 11.6 Å². The number of ketones is 2. The van der Waals surface area contributed by atoms with Gasteiger partial charge in [-0.2, -0.15) is 0 Å². The average molecular weight is 360 g/mol. The molecule has 3 rings (SSSR count). The molecule has 0 fully saturated rings. The Balaban J connectivity index is 1.84. The van der Waals surface area contributed by atoms with E-state index in [-0.39, 0.29) is 28.9 Å². The quantitative estimate of drug-likeness (QED) is 0.653. The van der Waals surface area contributed by atoms with Crippen LogP contribution >= 0.6 is 0 Å². The second-order valence-electron chi connectivity index (χ2n) is 6.03. The smallest absolute Gasteiger partial charge is 0.339 e. The highest BCUT2D eigenvalue weighted by Crippen LogP contribution is 2.21. The van der Waals surface area contributed by atoms with Gasteiger partial charge in [-0.1, -0.05) is 48.5 Å². The van der Waals surface area contributed by atoms with Crippen LogP contribution in [0.5, 0.6) is 5.75 Å². The number of aromatic carboxylic acids is 1. The van der Waals surface area contributed by atoms with E-state index in [9.17, 15) is 19.5 Å². The average Bonchev–Trinajstić information content (AvgIpc) is 2.68. The van der Waals surface area contributed by atoms with Gasteiger partial charge in [0.25, 0.3) is 0 Å². The van der Waals surface area contributed by atoms with Gasteiger partial charge in [-0.15, -0.1) is 0 Å². The minimum absolute atomic E-state index is 0.111. The van der Waals surface area contributed by atoms with Crippen molar-refractivity contribution in [3.8, 4) is 5.75 Å². The summed E-state index contributed by atoms with van der Waals surface area (Å²) in [5.41, 5.74) is 1.45. The van der Waals surface area contributed by atoms with Crippen molar-refractivity contribution < 1.29 is 24.6 Å². The molecule has 0 aliphatic heterocycles. The van der Waals surface area contributed by atoms with Crippen molar-refractivity contribution in [2.24, 2.45) is 0 Å². The van der Waals surface area contributed by atoms with Gasteiger partial charge in [-0.3, -0.25) is 9.59 Å². The minimum atomic E-state index is -1.28. The summed E-state index contributed by atoms with van der Waals surface area (Å²) in [7, 11) is 0. The first-order valence-corrected chi connectivity index (χ1v) is 8.24. The van der Waals surface area contributed by atoms with Gasteiger partial charge in [-0.05, 0) is 29.8 Å². The fourth-order valence-electron chi connectivity index (χ4n) is 2.74. The van der Waals surface area contributed by atoms with Crippen LogP contribution < -0.4 is 0 Å². The van der Waals surface area contributed by atoms with Crippen LogP contribution in [0.15, 0.2) is 72.8 Å². The molecule has 0 saturated heterocycles. The van der Waals surface area contributed by atoms with Gasteiger partial charge in [0.05, 0.1) is 0 Å². The fraction of sp³-hybridized carbons (Fsp3) is 0.0455. The van der Waals surface area contributed by atoms with Crippen LogP contribution in [0.3, 0.4) is 0 Å². The van der Waals surface area contributed by atoms with Crippen LogP contribution in [0.4, 0.5) is 0 Å². The number of hydrogen-bond acceptors (Lipinski definition) is 4. The van der Waals surface area contributed by atoms with Crippen LogP contribution in [0, 0.1) is 0 Å². The first kappa shape index (κ1) is 18.1. The van der Waals surface area contributed by atoms with E-state index >= 15 is 0 Å². The van der Waals surface area contributed by atoms with E-state index in [1.54, 1.807) is 18.2 Å². The second kappa shape index (κ2) is 7.66. The monoisotopic (exact) mass is 360 g/mol. The van der Waals surface area contributed by atoms with Gasteiger partial charge in [0.1, 0.15) is 11.3 Å². The molecule has 5 heteroatoms. The molecule has 0 bridgehead atoms. The Labute approximate surface area is 155 Å². The number of rotatable bonds is 6. The highest BCUT2D eigenvalue weighted by atomic mass is 16.4. The number of carboxylic acid groups (broad SMARTS) is 1. The molecule has 134 valence electrons. The first-order valence-electron chi connectivity index (χ1n) is 8.24. The minimum Gasteiger partial charge on any atom is -0.507 e. The summed E-state index contributed by atoms with van der Waals surface area (Å²) in [5, 5.41) is 18.7. The second-order valence-corrected chi connectivity index (χ2v) is 6.03. The van der Waals surface area contributed by atoms with E-state index in [1.807, 2.05) is 30.3 Å². The standard InChI is InChI=1S/C22H16O5/c23-19(11-14-5-2-1-3-6-14)15-7-4-8-16(12-15)21(25)17-9-10-18(22(26)27)20(24)13-17/h1-10,12-13,24H,11H2,(H,26,27). The number of carboxylic acids is 1. The van der Waals surface area contributed by atoms with E-state index in [4.69, 9.17) is 5.11 Å². The maximum atomic E-state index is 12.6. The molecule has 0 amide bonds. The van der Waals surface area contributed by atoms with E-state index in [2.05, 4.69) is 0 Å². The Hall–Kier alpha value is -3.73. The Morgan fingerprint density at radius 2 is 1.41 bits per heavy atom. The molecule has 0 aliphatic rings. The zero-order chi connectivity index (χ0) is 19.4. The van der Waals surface area contributed by atoms with Gasteiger partial charge < -0.3 is 10.2 Å². The van der Waals surface area contributed by atoms with Crippen LogP contribution in [0.25, 0.3) is 0 Å². The number of phenols is 1. The Kier molecular flexibility index (Phi) is 5.13. The van der Waals surface area contributed by atoms with E-state index in [0.29, 0.717) is 5.56 Å².